The summed E-state index contributed by atoms with van der Waals surface area (Å²) in [5.41, 5.74) is 0. The number of rotatable bonds is 38. The number of ether oxygens (including phenoxy) is 3. The van der Waals surface area contributed by atoms with E-state index in [4.69, 9.17) is 23.8 Å². The Morgan fingerprint density at radius 1 is 0.617 bits per heavy atom. The molecule has 1 saturated heterocycles. The van der Waals surface area contributed by atoms with Crippen LogP contribution in [0.25, 0.3) is 0 Å². The molecule has 0 aromatic rings. The van der Waals surface area contributed by atoms with Crippen LogP contribution < -0.4 is 0 Å². The molecule has 1 fully saturated rings. The van der Waals surface area contributed by atoms with Crippen LogP contribution in [0.4, 0.5) is 0 Å². The zero-order valence-corrected chi connectivity index (χ0v) is 37.2. The molecule has 338 valence electrons. The summed E-state index contributed by atoms with van der Waals surface area (Å²) in [5, 5.41) is 18.4. The number of aliphatic hydroxyl groups excluding tert-OH is 2. The fraction of sp³-hybridized carbons (Fsp3) is 0.583. The predicted octanol–water partition coefficient (Wildman–Crippen LogP) is 10.8. The second-order valence-electron chi connectivity index (χ2n) is 14.4. The number of carbonyl (C=O) groups excluding carboxylic acids is 2. The zero-order valence-electron chi connectivity index (χ0n) is 36.3. The molecule has 0 amide bonds. The smallest absolute Gasteiger partial charge is 0.462 e. The summed E-state index contributed by atoms with van der Waals surface area (Å²) in [7, 11) is -4.67. The first-order valence-corrected chi connectivity index (χ1v) is 23.5. The molecular formula is C48H75O11P. The van der Waals surface area contributed by atoms with E-state index in [-0.39, 0.29) is 31.7 Å². The quantitative estimate of drug-likeness (QED) is 0.0178. The maximum absolute atomic E-state index is 12.6. The van der Waals surface area contributed by atoms with Crippen LogP contribution in [0.2, 0.25) is 0 Å². The summed E-state index contributed by atoms with van der Waals surface area (Å²) >= 11 is 0. The molecule has 5 atom stereocenters. The van der Waals surface area contributed by atoms with E-state index in [1.165, 1.54) is 19.3 Å². The van der Waals surface area contributed by atoms with E-state index in [1.54, 1.807) is 0 Å². The van der Waals surface area contributed by atoms with Crippen LogP contribution in [0, 0.1) is 0 Å². The van der Waals surface area contributed by atoms with Crippen molar-refractivity contribution >= 4 is 19.8 Å². The Labute approximate surface area is 361 Å². The summed E-state index contributed by atoms with van der Waals surface area (Å²) in [4.78, 5) is 35.1. The van der Waals surface area contributed by atoms with Crippen molar-refractivity contribution in [1.29, 1.82) is 0 Å². The number of allylic oxidation sites excluding steroid dienone is 17. The summed E-state index contributed by atoms with van der Waals surface area (Å²) in [5.74, 6) is -1.11. The lowest BCUT2D eigenvalue weighted by molar-refractivity contribution is -0.161. The van der Waals surface area contributed by atoms with Gasteiger partial charge < -0.3 is 29.3 Å². The molecule has 0 aromatic carbocycles. The molecule has 0 radical (unpaired) electrons. The Morgan fingerprint density at radius 3 is 1.68 bits per heavy atom. The number of unbranched alkanes of at least 4 members (excludes halogenated alkanes) is 3. The van der Waals surface area contributed by atoms with Crippen molar-refractivity contribution in [2.75, 3.05) is 26.4 Å². The molecule has 12 heteroatoms. The minimum atomic E-state index is -4.67. The van der Waals surface area contributed by atoms with Crippen molar-refractivity contribution < 1.29 is 52.5 Å². The van der Waals surface area contributed by atoms with Crippen LogP contribution in [0.1, 0.15) is 129 Å². The highest BCUT2D eigenvalue weighted by molar-refractivity contribution is 7.47. The van der Waals surface area contributed by atoms with Crippen molar-refractivity contribution in [1.82, 2.24) is 0 Å². The molecule has 3 N–H and O–H groups in total. The number of hydrogen-bond acceptors (Lipinski definition) is 10. The molecular weight excluding hydrogens is 783 g/mol. The fourth-order valence-corrected chi connectivity index (χ4v) is 6.19. The van der Waals surface area contributed by atoms with Gasteiger partial charge in [0.15, 0.2) is 6.10 Å². The highest BCUT2D eigenvalue weighted by Gasteiger charge is 2.36. The third-order valence-corrected chi connectivity index (χ3v) is 9.80. The van der Waals surface area contributed by atoms with Crippen LogP contribution in [-0.2, 0) is 37.4 Å². The van der Waals surface area contributed by atoms with Gasteiger partial charge in [0.2, 0.25) is 0 Å². The molecule has 1 rings (SSSR count). The Kier molecular flexibility index (Phi) is 35.0. The van der Waals surface area contributed by atoms with Gasteiger partial charge in [-0.3, -0.25) is 18.6 Å². The van der Waals surface area contributed by atoms with Gasteiger partial charge in [-0.15, -0.1) is 0 Å². The second kappa shape index (κ2) is 38.5. The number of carbonyl (C=O) groups is 2. The van der Waals surface area contributed by atoms with Gasteiger partial charge in [0, 0.05) is 12.8 Å². The molecule has 0 aromatic heterocycles. The predicted molar refractivity (Wildman–Crippen MR) is 241 cm³/mol. The summed E-state index contributed by atoms with van der Waals surface area (Å²) in [6, 6.07) is 0. The molecule has 0 bridgehead atoms. The van der Waals surface area contributed by atoms with Crippen molar-refractivity contribution in [2.45, 2.75) is 154 Å². The number of phosphoric ester groups is 1. The Morgan fingerprint density at radius 2 is 1.13 bits per heavy atom. The van der Waals surface area contributed by atoms with Gasteiger partial charge in [-0.05, 0) is 89.9 Å². The van der Waals surface area contributed by atoms with E-state index in [2.05, 4.69) is 110 Å². The SMILES string of the molecule is CC/C=C\C/C=C\C/C=C\C/C=C\C/C=C\C/C=C\CCC(=O)O[C@H](COC(=O)CCCC1OC1C/C=C\C/C=C\C/C=C\CCCCC)COP(=O)(O)OC[C@@H](O)CO. The van der Waals surface area contributed by atoms with Crippen LogP contribution >= 0.6 is 7.82 Å². The zero-order chi connectivity index (χ0) is 43.8. The molecule has 1 heterocycles. The number of epoxide rings is 1. The minimum Gasteiger partial charge on any atom is -0.462 e. The average molecular weight is 859 g/mol. The van der Waals surface area contributed by atoms with E-state index < -0.39 is 51.8 Å². The van der Waals surface area contributed by atoms with Crippen molar-refractivity contribution in [3.8, 4) is 0 Å². The third kappa shape index (κ3) is 35.4. The van der Waals surface area contributed by atoms with Crippen molar-refractivity contribution in [3.05, 3.63) is 109 Å². The van der Waals surface area contributed by atoms with Crippen LogP contribution in [0.5, 0.6) is 0 Å². The van der Waals surface area contributed by atoms with E-state index in [0.29, 0.717) is 25.7 Å². The average Bonchev–Trinajstić information content (AvgIpc) is 3.99. The molecule has 11 nitrogen and oxygen atoms in total. The maximum atomic E-state index is 12.6. The normalized spacial score (nSPS) is 18.2. The Balaban J connectivity index is 2.37. The molecule has 60 heavy (non-hydrogen) atoms. The lowest BCUT2D eigenvalue weighted by Crippen LogP contribution is -2.29. The first-order chi connectivity index (χ1) is 29.2. The van der Waals surface area contributed by atoms with Crippen LogP contribution in [0.3, 0.4) is 0 Å². The second-order valence-corrected chi connectivity index (χ2v) is 15.8. The maximum Gasteiger partial charge on any atom is 0.472 e. The third-order valence-electron chi connectivity index (χ3n) is 8.85. The van der Waals surface area contributed by atoms with E-state index in [9.17, 15) is 24.2 Å². The van der Waals surface area contributed by atoms with E-state index >= 15 is 0 Å². The fourth-order valence-electron chi connectivity index (χ4n) is 5.40. The number of esters is 2. The molecule has 0 saturated carbocycles. The number of phosphoric acid groups is 1. The van der Waals surface area contributed by atoms with E-state index in [0.717, 1.165) is 57.8 Å². The summed E-state index contributed by atoms with van der Waals surface area (Å²) in [6.07, 6.45) is 50.9. The number of aliphatic hydroxyl groups is 2. The minimum absolute atomic E-state index is 0.0356. The standard InChI is InChI=1S/C48H75O11P/c1-3-5-7-9-11-13-15-17-18-19-20-21-22-23-25-27-29-31-33-37-48(52)58-44(42-57-60(53,54)56-40-43(50)39-49)41-55-47(51)38-34-36-46-45(59-46)35-32-30-28-26-24-16-14-12-10-8-6-4-2/h5,7,11-14,17-18,20-21,23-26,29-32,43-46,49-50H,3-4,6,8-10,15-16,19,22,27-28,33-42H2,1-2H3,(H,53,54)/b7-5-,13-11-,14-12-,18-17-,21-20-,25-23-,26-24-,31-29-,32-30-/t43-,44+,45?,46?/m0/s1. The lowest BCUT2D eigenvalue weighted by atomic mass is 10.1. The molecule has 1 aliphatic rings. The first kappa shape index (κ1) is 54.6. The van der Waals surface area contributed by atoms with Gasteiger partial charge in [-0.2, -0.15) is 0 Å². The van der Waals surface area contributed by atoms with Gasteiger partial charge in [-0.1, -0.05) is 136 Å². The van der Waals surface area contributed by atoms with Gasteiger partial charge in [-0.25, -0.2) is 4.57 Å². The van der Waals surface area contributed by atoms with Gasteiger partial charge in [0.1, 0.15) is 12.7 Å². The Hall–Kier alpha value is -3.41. The van der Waals surface area contributed by atoms with Gasteiger partial charge in [0.25, 0.3) is 0 Å². The molecule has 0 aliphatic carbocycles. The highest BCUT2D eigenvalue weighted by atomic mass is 31.2. The van der Waals surface area contributed by atoms with Crippen molar-refractivity contribution in [3.63, 3.8) is 0 Å². The first-order valence-electron chi connectivity index (χ1n) is 22.0. The van der Waals surface area contributed by atoms with Crippen LogP contribution in [0.15, 0.2) is 109 Å². The Bertz CT molecular complexity index is 1420. The van der Waals surface area contributed by atoms with Gasteiger partial charge in [0.05, 0.1) is 32.0 Å². The van der Waals surface area contributed by atoms with Gasteiger partial charge >= 0.3 is 19.8 Å². The number of hydrogen-bond donors (Lipinski definition) is 3. The summed E-state index contributed by atoms with van der Waals surface area (Å²) in [6.45, 7) is 2.04. The van der Waals surface area contributed by atoms with Crippen molar-refractivity contribution in [2.24, 2.45) is 0 Å². The summed E-state index contributed by atoms with van der Waals surface area (Å²) < 4.78 is 38.4. The van der Waals surface area contributed by atoms with E-state index in [1.807, 2.05) is 18.2 Å². The largest absolute Gasteiger partial charge is 0.472 e. The molecule has 1 aliphatic heterocycles. The lowest BCUT2D eigenvalue weighted by Gasteiger charge is -2.20. The highest BCUT2D eigenvalue weighted by Crippen LogP contribution is 2.43. The topological polar surface area (TPSA) is 161 Å². The monoisotopic (exact) mass is 859 g/mol. The molecule has 3 unspecified atom stereocenters. The molecule has 0 spiro atoms. The van der Waals surface area contributed by atoms with Crippen LogP contribution in [-0.4, -0.2) is 77.9 Å².